The molecule has 1 amide bonds. The lowest BCUT2D eigenvalue weighted by molar-refractivity contribution is 0.00340. The summed E-state index contributed by atoms with van der Waals surface area (Å²) in [4.78, 5) is 16.3. The Kier molecular flexibility index (Phi) is 3.68. The molecular formula is C11H13ClN2O3. The van der Waals surface area contributed by atoms with E-state index in [1.807, 2.05) is 0 Å². The molecule has 2 rings (SSSR count). The first-order valence-electron chi connectivity index (χ1n) is 5.45. The first kappa shape index (κ1) is 12.0. The van der Waals surface area contributed by atoms with E-state index < -0.39 is 12.3 Å². The molecule has 0 radical (unpaired) electrons. The second kappa shape index (κ2) is 5.23. The lowest BCUT2D eigenvalue weighted by Crippen LogP contribution is -2.46. The van der Waals surface area contributed by atoms with Crippen LogP contribution in [-0.2, 0) is 0 Å². The van der Waals surface area contributed by atoms with Crippen LogP contribution in [0.4, 0.5) is 4.79 Å². The molecule has 1 unspecified atom stereocenters. The van der Waals surface area contributed by atoms with E-state index in [0.29, 0.717) is 24.0 Å². The molecule has 1 aliphatic heterocycles. The Bertz CT molecular complexity index is 413. The van der Waals surface area contributed by atoms with Crippen molar-refractivity contribution in [3.05, 3.63) is 23.4 Å². The van der Waals surface area contributed by atoms with Crippen LogP contribution < -0.4 is 4.74 Å². The van der Waals surface area contributed by atoms with Gasteiger partial charge in [-0.15, -0.1) is 0 Å². The number of ether oxygens (including phenoxy) is 1. The molecule has 1 aliphatic rings. The lowest BCUT2D eigenvalue weighted by atomic mass is 10.1. The predicted octanol–water partition coefficient (Wildman–Crippen LogP) is 2.60. The van der Waals surface area contributed by atoms with Gasteiger partial charge in [-0.1, -0.05) is 17.7 Å². The summed E-state index contributed by atoms with van der Waals surface area (Å²) in [5.41, 5.74) is 0. The Balaban J connectivity index is 2.08. The van der Waals surface area contributed by atoms with Gasteiger partial charge in [0.25, 0.3) is 0 Å². The minimum absolute atomic E-state index is 0.334. The molecule has 0 bridgehead atoms. The number of carboxylic acid groups (broad SMARTS) is 1. The monoisotopic (exact) mass is 256 g/mol. The summed E-state index contributed by atoms with van der Waals surface area (Å²) in [7, 11) is 0. The Morgan fingerprint density at radius 1 is 1.53 bits per heavy atom. The first-order valence-corrected chi connectivity index (χ1v) is 5.83. The molecule has 6 heteroatoms. The number of hydrogen-bond acceptors (Lipinski definition) is 3. The molecule has 0 aliphatic carbocycles. The van der Waals surface area contributed by atoms with Crippen LogP contribution >= 0.6 is 11.6 Å². The van der Waals surface area contributed by atoms with Crippen molar-refractivity contribution in [2.45, 2.75) is 25.5 Å². The average molecular weight is 257 g/mol. The van der Waals surface area contributed by atoms with Gasteiger partial charge < -0.3 is 9.84 Å². The summed E-state index contributed by atoms with van der Waals surface area (Å²) in [5, 5.41) is 9.37. The molecule has 5 nitrogen and oxygen atoms in total. The van der Waals surface area contributed by atoms with E-state index in [-0.39, 0.29) is 0 Å². The molecule has 1 N–H and O–H groups in total. The fourth-order valence-corrected chi connectivity index (χ4v) is 1.99. The number of likely N-dealkylation sites (tertiary alicyclic amines) is 1. The summed E-state index contributed by atoms with van der Waals surface area (Å²) < 4.78 is 5.56. The topological polar surface area (TPSA) is 62.7 Å². The van der Waals surface area contributed by atoms with Crippen LogP contribution in [0, 0.1) is 0 Å². The van der Waals surface area contributed by atoms with Crippen LogP contribution in [0.25, 0.3) is 0 Å². The fraction of sp³-hybridized carbons (Fsp3) is 0.455. The lowest BCUT2D eigenvalue weighted by Gasteiger charge is -2.32. The van der Waals surface area contributed by atoms with E-state index in [1.165, 1.54) is 4.90 Å². The first-order chi connectivity index (χ1) is 8.16. The highest BCUT2D eigenvalue weighted by atomic mass is 35.5. The predicted molar refractivity (Wildman–Crippen MR) is 62.2 cm³/mol. The number of rotatable bonds is 2. The quantitative estimate of drug-likeness (QED) is 0.826. The van der Waals surface area contributed by atoms with E-state index in [1.54, 1.807) is 18.2 Å². The maximum atomic E-state index is 11.0. The minimum Gasteiger partial charge on any atom is -0.465 e. The van der Waals surface area contributed by atoms with Gasteiger partial charge in [-0.3, -0.25) is 4.90 Å². The Labute approximate surface area is 104 Å². The molecule has 1 aromatic rings. The van der Waals surface area contributed by atoms with Gasteiger partial charge in [0.05, 0.1) is 0 Å². The van der Waals surface area contributed by atoms with Crippen LogP contribution in [0.15, 0.2) is 18.2 Å². The third-order valence-electron chi connectivity index (χ3n) is 2.64. The number of pyridine rings is 1. The molecule has 92 valence electrons. The summed E-state index contributed by atoms with van der Waals surface area (Å²) in [6, 6.07) is 5.03. The molecule has 1 fully saturated rings. The van der Waals surface area contributed by atoms with Crippen molar-refractivity contribution in [2.75, 3.05) is 6.54 Å². The Morgan fingerprint density at radius 2 is 2.35 bits per heavy atom. The SMILES string of the molecule is O=C(O)N1CCCCC1Oc1cccc(Cl)n1. The smallest absolute Gasteiger partial charge is 0.410 e. The largest absolute Gasteiger partial charge is 0.465 e. The third kappa shape index (κ3) is 3.00. The number of nitrogens with zero attached hydrogens (tertiary/aromatic N) is 2. The van der Waals surface area contributed by atoms with Crippen molar-refractivity contribution in [1.29, 1.82) is 0 Å². The standard InChI is InChI=1S/C11H13ClN2O3/c12-8-4-3-5-9(13-8)17-10-6-1-2-7-14(10)11(15)16/h3-5,10H,1-2,6-7H2,(H,15,16). The summed E-state index contributed by atoms with van der Waals surface area (Å²) in [6.45, 7) is 0.501. The zero-order valence-corrected chi connectivity index (χ0v) is 9.93. The van der Waals surface area contributed by atoms with Gasteiger partial charge in [0.15, 0.2) is 6.23 Å². The van der Waals surface area contributed by atoms with E-state index in [2.05, 4.69) is 4.98 Å². The number of piperidine rings is 1. The number of aromatic nitrogens is 1. The van der Waals surface area contributed by atoms with Crippen LogP contribution in [0.5, 0.6) is 5.88 Å². The second-order valence-electron chi connectivity index (χ2n) is 3.84. The highest BCUT2D eigenvalue weighted by Gasteiger charge is 2.28. The third-order valence-corrected chi connectivity index (χ3v) is 2.85. The van der Waals surface area contributed by atoms with Crippen molar-refractivity contribution >= 4 is 17.7 Å². The summed E-state index contributed by atoms with van der Waals surface area (Å²) in [6.07, 6.45) is 1.08. The van der Waals surface area contributed by atoms with E-state index in [4.69, 9.17) is 21.4 Å². The van der Waals surface area contributed by atoms with Crippen LogP contribution in [0.3, 0.4) is 0 Å². The van der Waals surface area contributed by atoms with E-state index >= 15 is 0 Å². The van der Waals surface area contributed by atoms with Gasteiger partial charge in [-0.05, 0) is 18.9 Å². The minimum atomic E-state index is -0.961. The molecule has 0 saturated carbocycles. The average Bonchev–Trinajstić information content (AvgIpc) is 2.29. The molecule has 0 aromatic carbocycles. The maximum Gasteiger partial charge on any atom is 0.410 e. The van der Waals surface area contributed by atoms with Crippen LogP contribution in [0.2, 0.25) is 5.15 Å². The fourth-order valence-electron chi connectivity index (χ4n) is 1.84. The number of halogens is 1. The summed E-state index contributed by atoms with van der Waals surface area (Å²) >= 11 is 5.74. The number of amides is 1. The molecule has 2 heterocycles. The maximum absolute atomic E-state index is 11.0. The molecule has 1 aromatic heterocycles. The van der Waals surface area contributed by atoms with Crippen LogP contribution in [0.1, 0.15) is 19.3 Å². The van der Waals surface area contributed by atoms with Gasteiger partial charge in [0.1, 0.15) is 5.15 Å². The van der Waals surface area contributed by atoms with E-state index in [9.17, 15) is 4.79 Å². The van der Waals surface area contributed by atoms with Crippen molar-refractivity contribution in [3.63, 3.8) is 0 Å². The second-order valence-corrected chi connectivity index (χ2v) is 4.23. The highest BCUT2D eigenvalue weighted by Crippen LogP contribution is 2.21. The van der Waals surface area contributed by atoms with Gasteiger partial charge in [-0.2, -0.15) is 0 Å². The zero-order valence-electron chi connectivity index (χ0n) is 9.17. The van der Waals surface area contributed by atoms with Crippen LogP contribution in [-0.4, -0.2) is 33.9 Å². The summed E-state index contributed by atoms with van der Waals surface area (Å²) in [5.74, 6) is 0.357. The van der Waals surface area contributed by atoms with Crippen molar-refractivity contribution in [1.82, 2.24) is 9.88 Å². The Morgan fingerprint density at radius 3 is 3.06 bits per heavy atom. The normalized spacial score (nSPS) is 20.1. The van der Waals surface area contributed by atoms with Crippen molar-refractivity contribution < 1.29 is 14.6 Å². The number of carbonyl (C=O) groups is 1. The Hall–Kier alpha value is -1.49. The molecular weight excluding hydrogens is 244 g/mol. The van der Waals surface area contributed by atoms with Crippen molar-refractivity contribution in [3.8, 4) is 5.88 Å². The van der Waals surface area contributed by atoms with Gasteiger partial charge in [0.2, 0.25) is 5.88 Å². The molecule has 1 atom stereocenters. The van der Waals surface area contributed by atoms with Crippen molar-refractivity contribution in [2.24, 2.45) is 0 Å². The molecule has 17 heavy (non-hydrogen) atoms. The zero-order chi connectivity index (χ0) is 12.3. The molecule has 0 spiro atoms. The van der Waals surface area contributed by atoms with Gasteiger partial charge in [0, 0.05) is 19.0 Å². The highest BCUT2D eigenvalue weighted by molar-refractivity contribution is 6.29. The number of hydrogen-bond donors (Lipinski definition) is 1. The molecule has 1 saturated heterocycles. The van der Waals surface area contributed by atoms with E-state index in [0.717, 1.165) is 12.8 Å². The van der Waals surface area contributed by atoms with Gasteiger partial charge >= 0.3 is 6.09 Å². The van der Waals surface area contributed by atoms with Gasteiger partial charge in [-0.25, -0.2) is 9.78 Å².